The number of guanidine groups is 1. The van der Waals surface area contributed by atoms with Crippen LogP contribution in [0.15, 0.2) is 53.5 Å². The van der Waals surface area contributed by atoms with Gasteiger partial charge in [0.25, 0.3) is 5.91 Å². The van der Waals surface area contributed by atoms with Crippen molar-refractivity contribution >= 4 is 41.5 Å². The van der Waals surface area contributed by atoms with Crippen LogP contribution >= 0.6 is 24.0 Å². The zero-order valence-electron chi connectivity index (χ0n) is 17.9. The number of amides is 1. The normalized spacial score (nSPS) is 10.7. The molecule has 2 aromatic rings. The summed E-state index contributed by atoms with van der Waals surface area (Å²) in [5.41, 5.74) is 8.62. The number of aryl methyl sites for hydroxylation is 1. The number of nitrogens with zero attached hydrogens (tertiary/aromatic N) is 2. The Kier molecular flexibility index (Phi) is 11.7. The lowest BCUT2D eigenvalue weighted by Gasteiger charge is -2.24. The lowest BCUT2D eigenvalue weighted by Crippen LogP contribution is -2.41. The molecule has 0 bridgehead atoms. The number of hydrogen-bond donors (Lipinski definition) is 3. The van der Waals surface area contributed by atoms with E-state index >= 15 is 0 Å². The first kappa shape index (κ1) is 25.5. The van der Waals surface area contributed by atoms with Gasteiger partial charge in [-0.1, -0.05) is 24.3 Å². The van der Waals surface area contributed by atoms with E-state index in [2.05, 4.69) is 58.6 Å². The molecule has 0 aliphatic heterocycles. The molecule has 0 aliphatic rings. The summed E-state index contributed by atoms with van der Waals surface area (Å²) in [5.74, 6) is 0.849. The molecule has 0 fully saturated rings. The summed E-state index contributed by atoms with van der Waals surface area (Å²) in [4.78, 5) is 17.5. The third-order valence-electron chi connectivity index (χ3n) is 4.39. The van der Waals surface area contributed by atoms with E-state index in [0.29, 0.717) is 12.3 Å². The molecule has 0 saturated heterocycles. The molecular formula is C22H32IN5O2. The molecule has 2 rings (SSSR count). The molecule has 0 aromatic heterocycles. The van der Waals surface area contributed by atoms with Crippen LogP contribution in [0, 0.1) is 6.92 Å². The van der Waals surface area contributed by atoms with Crippen LogP contribution < -0.4 is 26.0 Å². The topological polar surface area (TPSA) is 92.0 Å². The number of primary amides is 1. The molecule has 0 radical (unpaired) electrons. The minimum Gasteiger partial charge on any atom is -0.484 e. The molecule has 164 valence electrons. The fourth-order valence-corrected chi connectivity index (χ4v) is 2.91. The van der Waals surface area contributed by atoms with Crippen molar-refractivity contribution < 1.29 is 9.53 Å². The molecule has 0 atom stereocenters. The number of anilines is 1. The number of hydrogen-bond acceptors (Lipinski definition) is 4. The summed E-state index contributed by atoms with van der Waals surface area (Å²) >= 11 is 0. The highest BCUT2D eigenvalue weighted by Gasteiger charge is 2.05. The quantitative estimate of drug-likeness (QED) is 0.252. The minimum absolute atomic E-state index is 0. The van der Waals surface area contributed by atoms with Gasteiger partial charge in [0.05, 0.1) is 0 Å². The Hall–Kier alpha value is -2.49. The van der Waals surface area contributed by atoms with E-state index in [-0.39, 0.29) is 30.6 Å². The smallest absolute Gasteiger partial charge is 0.255 e. The number of ether oxygens (including phenoxy) is 1. The van der Waals surface area contributed by atoms with Crippen molar-refractivity contribution in [2.24, 2.45) is 10.7 Å². The predicted octanol–water partition coefficient (Wildman–Crippen LogP) is 2.67. The van der Waals surface area contributed by atoms with E-state index < -0.39 is 5.91 Å². The molecule has 8 heteroatoms. The van der Waals surface area contributed by atoms with Crippen molar-refractivity contribution in [3.05, 3.63) is 59.7 Å². The molecule has 7 nitrogen and oxygen atoms in total. The van der Waals surface area contributed by atoms with Gasteiger partial charge in [-0.25, -0.2) is 0 Å². The van der Waals surface area contributed by atoms with Crippen LogP contribution in [0.4, 0.5) is 5.69 Å². The van der Waals surface area contributed by atoms with Gasteiger partial charge in [0, 0.05) is 38.9 Å². The molecule has 4 N–H and O–H groups in total. The molecule has 2 aromatic carbocycles. The number of rotatable bonds is 10. The maximum Gasteiger partial charge on any atom is 0.255 e. The minimum atomic E-state index is -0.495. The van der Waals surface area contributed by atoms with Crippen molar-refractivity contribution in [1.82, 2.24) is 10.6 Å². The molecule has 0 spiro atoms. The first-order valence-corrected chi connectivity index (χ1v) is 9.78. The molecule has 1 amide bonds. The van der Waals surface area contributed by atoms with Gasteiger partial charge in [-0.3, -0.25) is 9.79 Å². The van der Waals surface area contributed by atoms with Crippen LogP contribution in [0.3, 0.4) is 0 Å². The molecular weight excluding hydrogens is 493 g/mol. The number of benzene rings is 2. The number of halogens is 1. The summed E-state index contributed by atoms with van der Waals surface area (Å²) < 4.78 is 5.34. The maximum atomic E-state index is 10.8. The fraction of sp³-hybridized carbons (Fsp3) is 0.364. The average Bonchev–Trinajstić information content (AvgIpc) is 2.72. The zero-order valence-corrected chi connectivity index (χ0v) is 20.2. The third kappa shape index (κ3) is 8.89. The number of nitrogens with two attached hydrogens (primary N) is 1. The van der Waals surface area contributed by atoms with Gasteiger partial charge < -0.3 is 26.0 Å². The standard InChI is InChI=1S/C22H31N5O2.HI/c1-4-27(19-9-5-7-17(2)13-19)12-11-25-22(24-3)26-15-18-8-6-10-20(14-18)29-16-21(23)28;/h5-10,13-14H,4,11-12,15-16H2,1-3H3,(H2,23,28)(H2,24,25,26);1H. The molecule has 0 saturated carbocycles. The van der Waals surface area contributed by atoms with E-state index in [9.17, 15) is 4.79 Å². The average molecular weight is 525 g/mol. The summed E-state index contributed by atoms with van der Waals surface area (Å²) in [6.07, 6.45) is 0. The SMILES string of the molecule is CCN(CCNC(=NC)NCc1cccc(OCC(N)=O)c1)c1cccc(C)c1.I. The molecule has 30 heavy (non-hydrogen) atoms. The first-order chi connectivity index (χ1) is 14.0. The van der Waals surface area contributed by atoms with Crippen molar-refractivity contribution in [1.29, 1.82) is 0 Å². The van der Waals surface area contributed by atoms with Gasteiger partial charge >= 0.3 is 0 Å². The Labute approximate surface area is 196 Å². The second-order valence-corrected chi connectivity index (χ2v) is 6.67. The molecule has 0 unspecified atom stereocenters. The van der Waals surface area contributed by atoms with E-state index in [1.807, 2.05) is 18.2 Å². The van der Waals surface area contributed by atoms with Crippen LogP contribution in [0.2, 0.25) is 0 Å². The Morgan fingerprint density at radius 3 is 2.60 bits per heavy atom. The predicted molar refractivity (Wildman–Crippen MR) is 134 cm³/mol. The number of aliphatic imine (C=N–C) groups is 1. The van der Waals surface area contributed by atoms with E-state index in [0.717, 1.165) is 31.2 Å². The summed E-state index contributed by atoms with van der Waals surface area (Å²) in [6.45, 7) is 7.30. The summed E-state index contributed by atoms with van der Waals surface area (Å²) in [7, 11) is 1.75. The van der Waals surface area contributed by atoms with Crippen LogP contribution in [-0.2, 0) is 11.3 Å². The monoisotopic (exact) mass is 525 g/mol. The van der Waals surface area contributed by atoms with Crippen molar-refractivity contribution in [3.8, 4) is 5.75 Å². The number of nitrogens with one attached hydrogen (secondary N) is 2. The van der Waals surface area contributed by atoms with E-state index in [1.54, 1.807) is 13.1 Å². The number of carbonyl (C=O) groups excluding carboxylic acids is 1. The van der Waals surface area contributed by atoms with E-state index in [4.69, 9.17) is 10.5 Å². The van der Waals surface area contributed by atoms with Crippen LogP contribution in [0.5, 0.6) is 5.75 Å². The Bertz CT molecular complexity index is 829. The highest BCUT2D eigenvalue weighted by atomic mass is 127. The number of likely N-dealkylation sites (N-methyl/N-ethyl adjacent to an activating group) is 1. The lowest BCUT2D eigenvalue weighted by molar-refractivity contribution is -0.119. The highest BCUT2D eigenvalue weighted by molar-refractivity contribution is 14.0. The zero-order chi connectivity index (χ0) is 21.1. The second kappa shape index (κ2) is 13.7. The molecule has 0 heterocycles. The van der Waals surface area contributed by atoms with Crippen molar-refractivity contribution in [2.45, 2.75) is 20.4 Å². The van der Waals surface area contributed by atoms with Crippen LogP contribution in [-0.4, -0.2) is 45.2 Å². The summed E-state index contributed by atoms with van der Waals surface area (Å²) in [6, 6.07) is 16.1. The van der Waals surface area contributed by atoms with E-state index in [1.165, 1.54) is 11.3 Å². The lowest BCUT2D eigenvalue weighted by atomic mass is 10.2. The van der Waals surface area contributed by atoms with Crippen LogP contribution in [0.1, 0.15) is 18.1 Å². The van der Waals surface area contributed by atoms with Crippen molar-refractivity contribution in [3.63, 3.8) is 0 Å². The first-order valence-electron chi connectivity index (χ1n) is 9.78. The van der Waals surface area contributed by atoms with Crippen molar-refractivity contribution in [2.75, 3.05) is 38.2 Å². The van der Waals surface area contributed by atoms with Gasteiger partial charge in [-0.2, -0.15) is 0 Å². The largest absolute Gasteiger partial charge is 0.484 e. The second-order valence-electron chi connectivity index (χ2n) is 6.67. The Morgan fingerprint density at radius 2 is 1.93 bits per heavy atom. The van der Waals surface area contributed by atoms with Gasteiger partial charge in [-0.15, -0.1) is 24.0 Å². The van der Waals surface area contributed by atoms with Gasteiger partial charge in [0.1, 0.15) is 5.75 Å². The maximum absolute atomic E-state index is 10.8. The fourth-order valence-electron chi connectivity index (χ4n) is 2.91. The van der Waals surface area contributed by atoms with Gasteiger partial charge in [-0.05, 0) is 49.2 Å². The highest BCUT2D eigenvalue weighted by Crippen LogP contribution is 2.15. The molecule has 0 aliphatic carbocycles. The number of carbonyl (C=O) groups is 1. The Morgan fingerprint density at radius 1 is 1.17 bits per heavy atom. The van der Waals surface area contributed by atoms with Crippen LogP contribution in [0.25, 0.3) is 0 Å². The van der Waals surface area contributed by atoms with Gasteiger partial charge in [0.2, 0.25) is 0 Å². The van der Waals surface area contributed by atoms with Gasteiger partial charge in [0.15, 0.2) is 12.6 Å². The Balaban J connectivity index is 0.00000450. The summed E-state index contributed by atoms with van der Waals surface area (Å²) in [5, 5.41) is 6.64. The third-order valence-corrected chi connectivity index (χ3v) is 4.39.